The van der Waals surface area contributed by atoms with Gasteiger partial charge in [0.1, 0.15) is 11.5 Å². The van der Waals surface area contributed by atoms with Crippen LogP contribution in [-0.4, -0.2) is 17.4 Å². The highest BCUT2D eigenvalue weighted by Gasteiger charge is 2.18. The lowest BCUT2D eigenvalue weighted by Gasteiger charge is -2.25. The van der Waals surface area contributed by atoms with Crippen LogP contribution >= 0.6 is 11.6 Å². The van der Waals surface area contributed by atoms with Gasteiger partial charge in [-0.3, -0.25) is 4.79 Å². The third-order valence-electron chi connectivity index (χ3n) is 3.15. The zero-order valence-electron chi connectivity index (χ0n) is 9.58. The molecule has 1 heterocycles. The number of aromatic nitrogens is 1. The van der Waals surface area contributed by atoms with Gasteiger partial charge in [-0.05, 0) is 24.5 Å². The summed E-state index contributed by atoms with van der Waals surface area (Å²) in [6.07, 6.45) is 4.92. The molecule has 0 aliphatic heterocycles. The van der Waals surface area contributed by atoms with Gasteiger partial charge >= 0.3 is 0 Å². The molecule has 0 spiro atoms. The minimum absolute atomic E-state index is 0.209. The second-order valence-electron chi connectivity index (χ2n) is 4.41. The first-order valence-electron chi connectivity index (χ1n) is 5.87. The lowest BCUT2D eigenvalue weighted by atomic mass is 9.83. The van der Waals surface area contributed by atoms with Crippen molar-refractivity contribution in [1.82, 2.24) is 10.3 Å². The van der Waals surface area contributed by atoms with Gasteiger partial charge in [-0.15, -0.1) is 0 Å². The third-order valence-corrected chi connectivity index (χ3v) is 3.45. The zero-order valence-corrected chi connectivity index (χ0v) is 10.3. The van der Waals surface area contributed by atoms with Crippen LogP contribution in [0.3, 0.4) is 0 Å². The van der Waals surface area contributed by atoms with E-state index in [9.17, 15) is 4.79 Å². The predicted molar refractivity (Wildman–Crippen MR) is 68.0 cm³/mol. The molecule has 1 amide bonds. The second kappa shape index (κ2) is 5.36. The topological polar surface area (TPSA) is 68.0 Å². The number of nitrogens with zero attached hydrogens (tertiary/aromatic N) is 1. The molecular weight excluding hydrogens is 238 g/mol. The molecule has 3 N–H and O–H groups in total. The number of pyridine rings is 1. The predicted octanol–water partition coefficient (Wildman–Crippen LogP) is 2.24. The average molecular weight is 254 g/mol. The summed E-state index contributed by atoms with van der Waals surface area (Å²) in [5.41, 5.74) is 5.73. The van der Waals surface area contributed by atoms with Gasteiger partial charge in [0.15, 0.2) is 0 Å². The number of nitrogen functional groups attached to an aromatic ring is 1. The first-order chi connectivity index (χ1) is 8.16. The Morgan fingerprint density at radius 3 is 2.94 bits per heavy atom. The molecule has 17 heavy (non-hydrogen) atoms. The average Bonchev–Trinajstić information content (AvgIpc) is 2.25. The van der Waals surface area contributed by atoms with E-state index in [4.69, 9.17) is 17.3 Å². The highest BCUT2D eigenvalue weighted by molar-refractivity contribution is 6.33. The van der Waals surface area contributed by atoms with Crippen molar-refractivity contribution in [1.29, 1.82) is 0 Å². The van der Waals surface area contributed by atoms with Gasteiger partial charge in [0.2, 0.25) is 0 Å². The van der Waals surface area contributed by atoms with Crippen LogP contribution in [0.4, 0.5) is 5.82 Å². The number of rotatable bonds is 4. The van der Waals surface area contributed by atoms with Gasteiger partial charge in [-0.25, -0.2) is 4.98 Å². The van der Waals surface area contributed by atoms with Gasteiger partial charge in [0.25, 0.3) is 5.91 Å². The maximum absolute atomic E-state index is 11.8. The molecule has 1 aromatic rings. The lowest BCUT2D eigenvalue weighted by Crippen LogP contribution is -2.28. The lowest BCUT2D eigenvalue weighted by molar-refractivity contribution is 0.0944. The van der Waals surface area contributed by atoms with Gasteiger partial charge in [0, 0.05) is 6.54 Å². The van der Waals surface area contributed by atoms with Crippen molar-refractivity contribution in [2.75, 3.05) is 12.3 Å². The Morgan fingerprint density at radius 1 is 1.53 bits per heavy atom. The van der Waals surface area contributed by atoms with Crippen molar-refractivity contribution in [3.8, 4) is 0 Å². The maximum atomic E-state index is 11.8. The maximum Gasteiger partial charge on any atom is 0.271 e. The van der Waals surface area contributed by atoms with Gasteiger partial charge in [0.05, 0.1) is 5.02 Å². The Labute approximate surface area is 106 Å². The summed E-state index contributed by atoms with van der Waals surface area (Å²) in [5, 5.41) is 3.16. The molecule has 1 saturated carbocycles. The van der Waals surface area contributed by atoms with Gasteiger partial charge in [-0.1, -0.05) is 30.9 Å². The minimum atomic E-state index is -0.248. The molecular formula is C12H16ClN3O. The molecule has 0 atom stereocenters. The Bertz CT molecular complexity index is 418. The highest BCUT2D eigenvalue weighted by atomic mass is 35.5. The van der Waals surface area contributed by atoms with E-state index in [1.807, 2.05) is 0 Å². The van der Waals surface area contributed by atoms with E-state index in [0.29, 0.717) is 17.4 Å². The molecule has 1 aliphatic rings. The van der Waals surface area contributed by atoms with E-state index in [2.05, 4.69) is 10.3 Å². The first-order valence-corrected chi connectivity index (χ1v) is 6.25. The Hall–Kier alpha value is -1.29. The summed E-state index contributed by atoms with van der Waals surface area (Å²) in [5.74, 6) is 0.833. The zero-order chi connectivity index (χ0) is 12.3. The molecule has 0 radical (unpaired) electrons. The molecule has 0 aromatic carbocycles. The van der Waals surface area contributed by atoms with Crippen LogP contribution in [0.25, 0.3) is 0 Å². The largest absolute Gasteiger partial charge is 0.384 e. The second-order valence-corrected chi connectivity index (χ2v) is 4.82. The van der Waals surface area contributed by atoms with E-state index in [1.165, 1.54) is 19.3 Å². The number of hydrogen-bond acceptors (Lipinski definition) is 3. The standard InChI is InChI=1S/C12H16ClN3O/c13-9-4-5-10(14)16-11(9)12(17)15-7-6-8-2-1-3-8/h4-5,8H,1-3,6-7H2,(H2,14,16)(H,15,17). The molecule has 1 aromatic heterocycles. The van der Waals surface area contributed by atoms with Crippen LogP contribution in [0.2, 0.25) is 5.02 Å². The number of amides is 1. The third kappa shape index (κ3) is 3.09. The van der Waals surface area contributed by atoms with Crippen molar-refractivity contribution in [2.45, 2.75) is 25.7 Å². The summed E-state index contributed by atoms with van der Waals surface area (Å²) < 4.78 is 0. The van der Waals surface area contributed by atoms with Crippen LogP contribution < -0.4 is 11.1 Å². The summed E-state index contributed by atoms with van der Waals surface area (Å²) in [7, 11) is 0. The molecule has 0 unspecified atom stereocenters. The number of halogens is 1. The van der Waals surface area contributed by atoms with Crippen LogP contribution in [0, 0.1) is 5.92 Å². The summed E-state index contributed by atoms with van der Waals surface area (Å²) >= 11 is 5.89. The fourth-order valence-electron chi connectivity index (χ4n) is 1.87. The minimum Gasteiger partial charge on any atom is -0.384 e. The van der Waals surface area contributed by atoms with Crippen LogP contribution in [0.5, 0.6) is 0 Å². The number of hydrogen-bond donors (Lipinski definition) is 2. The normalized spacial score (nSPS) is 15.4. The van der Waals surface area contributed by atoms with Gasteiger partial charge in [-0.2, -0.15) is 0 Å². The van der Waals surface area contributed by atoms with E-state index in [1.54, 1.807) is 12.1 Å². The molecule has 5 heteroatoms. The van der Waals surface area contributed by atoms with Crippen molar-refractivity contribution in [3.63, 3.8) is 0 Å². The highest BCUT2D eigenvalue weighted by Crippen LogP contribution is 2.28. The van der Waals surface area contributed by atoms with Gasteiger partial charge < -0.3 is 11.1 Å². The van der Waals surface area contributed by atoms with Crippen LogP contribution in [0.1, 0.15) is 36.2 Å². The quantitative estimate of drug-likeness (QED) is 0.865. The smallest absolute Gasteiger partial charge is 0.271 e. The van der Waals surface area contributed by atoms with E-state index >= 15 is 0 Å². The number of nitrogens with two attached hydrogens (primary N) is 1. The van der Waals surface area contributed by atoms with E-state index < -0.39 is 0 Å². The summed E-state index contributed by atoms with van der Waals surface area (Å²) in [6, 6.07) is 3.16. The van der Waals surface area contributed by atoms with E-state index in [0.717, 1.165) is 12.3 Å². The number of carbonyl (C=O) groups is 1. The monoisotopic (exact) mass is 253 g/mol. The van der Waals surface area contributed by atoms with Crippen molar-refractivity contribution >= 4 is 23.3 Å². The molecule has 92 valence electrons. The SMILES string of the molecule is Nc1ccc(Cl)c(C(=O)NCCC2CCC2)n1. The Morgan fingerprint density at radius 2 is 2.29 bits per heavy atom. The van der Waals surface area contributed by atoms with Crippen LogP contribution in [-0.2, 0) is 0 Å². The Balaban J connectivity index is 1.87. The molecule has 2 rings (SSSR count). The van der Waals surface area contributed by atoms with Crippen molar-refractivity contribution in [2.24, 2.45) is 5.92 Å². The van der Waals surface area contributed by atoms with Crippen molar-refractivity contribution < 1.29 is 4.79 Å². The molecule has 0 saturated heterocycles. The van der Waals surface area contributed by atoms with Crippen molar-refractivity contribution in [3.05, 3.63) is 22.8 Å². The fraction of sp³-hybridized carbons (Fsp3) is 0.500. The van der Waals surface area contributed by atoms with E-state index in [-0.39, 0.29) is 11.6 Å². The molecule has 1 fully saturated rings. The summed E-state index contributed by atoms with van der Waals surface area (Å²) in [4.78, 5) is 15.7. The summed E-state index contributed by atoms with van der Waals surface area (Å²) in [6.45, 7) is 0.677. The molecule has 1 aliphatic carbocycles. The number of anilines is 1. The fourth-order valence-corrected chi connectivity index (χ4v) is 2.06. The Kier molecular flexibility index (Phi) is 3.84. The van der Waals surface area contributed by atoms with Crippen LogP contribution in [0.15, 0.2) is 12.1 Å². The molecule has 0 bridgehead atoms. The first kappa shape index (κ1) is 12.2. The number of carbonyl (C=O) groups excluding carboxylic acids is 1. The number of nitrogens with one attached hydrogen (secondary N) is 1. The molecule has 4 nitrogen and oxygen atoms in total.